The molecule has 0 aromatic heterocycles. The first-order chi connectivity index (χ1) is 11.1. The van der Waals surface area contributed by atoms with E-state index in [4.69, 9.17) is 4.74 Å². The summed E-state index contributed by atoms with van der Waals surface area (Å²) in [6.07, 6.45) is 6.71. The first-order valence-electron chi connectivity index (χ1n) is 7.77. The van der Waals surface area contributed by atoms with Crippen LogP contribution in [0.4, 0.5) is 10.5 Å². The molecule has 0 bridgehead atoms. The van der Waals surface area contributed by atoms with Crippen molar-refractivity contribution in [1.29, 1.82) is 0 Å². The number of benzene rings is 1. The Morgan fingerprint density at radius 3 is 2.74 bits per heavy atom. The summed E-state index contributed by atoms with van der Waals surface area (Å²) in [7, 11) is 3.08. The number of hydrogen-bond acceptors (Lipinski definition) is 3. The van der Waals surface area contributed by atoms with E-state index in [1.54, 1.807) is 25.2 Å². The van der Waals surface area contributed by atoms with Crippen molar-refractivity contribution in [3.05, 3.63) is 35.4 Å². The maximum atomic E-state index is 12.1. The molecule has 0 atom stereocenters. The Morgan fingerprint density at radius 1 is 1.26 bits per heavy atom. The Hall–Kier alpha value is -2.50. The Labute approximate surface area is 136 Å². The molecule has 3 amide bonds. The molecule has 1 aliphatic carbocycles. The minimum atomic E-state index is -0.316. The van der Waals surface area contributed by atoms with E-state index in [0.29, 0.717) is 23.5 Å². The van der Waals surface area contributed by atoms with Gasteiger partial charge in [-0.15, -0.1) is 0 Å². The van der Waals surface area contributed by atoms with Crippen LogP contribution in [0, 0.1) is 0 Å². The third kappa shape index (κ3) is 4.74. The van der Waals surface area contributed by atoms with Gasteiger partial charge in [0, 0.05) is 19.2 Å². The first kappa shape index (κ1) is 16.9. The topological polar surface area (TPSA) is 79.5 Å². The van der Waals surface area contributed by atoms with E-state index in [-0.39, 0.29) is 11.9 Å². The van der Waals surface area contributed by atoms with Gasteiger partial charge in [0.15, 0.2) is 0 Å². The fourth-order valence-corrected chi connectivity index (χ4v) is 2.52. The van der Waals surface area contributed by atoms with Gasteiger partial charge in [0.1, 0.15) is 5.75 Å². The lowest BCUT2D eigenvalue weighted by Crippen LogP contribution is -2.31. The minimum Gasteiger partial charge on any atom is -0.495 e. The van der Waals surface area contributed by atoms with Gasteiger partial charge in [0.25, 0.3) is 5.91 Å². The van der Waals surface area contributed by atoms with Crippen LogP contribution in [0.25, 0.3) is 0 Å². The van der Waals surface area contributed by atoms with Crippen molar-refractivity contribution >= 4 is 17.6 Å². The summed E-state index contributed by atoms with van der Waals surface area (Å²) in [5, 5.41) is 8.13. The van der Waals surface area contributed by atoms with Crippen LogP contribution in [0.5, 0.6) is 5.75 Å². The molecule has 23 heavy (non-hydrogen) atoms. The van der Waals surface area contributed by atoms with Crippen molar-refractivity contribution in [2.24, 2.45) is 0 Å². The highest BCUT2D eigenvalue weighted by molar-refractivity contribution is 5.97. The highest BCUT2D eigenvalue weighted by Crippen LogP contribution is 2.25. The van der Waals surface area contributed by atoms with E-state index >= 15 is 0 Å². The molecule has 0 radical (unpaired) electrons. The Kier molecular flexibility index (Phi) is 6.02. The lowest BCUT2D eigenvalue weighted by molar-refractivity contribution is 0.0963. The number of anilines is 1. The van der Waals surface area contributed by atoms with E-state index in [1.807, 2.05) is 0 Å². The van der Waals surface area contributed by atoms with Crippen molar-refractivity contribution in [3.63, 3.8) is 0 Å². The molecule has 0 aliphatic heterocycles. The average Bonchev–Trinajstić information content (AvgIpc) is 2.60. The molecule has 6 nitrogen and oxygen atoms in total. The SMILES string of the molecule is CNC(=O)c1ccc(OC)c(NC(=O)NCC2=CCCCC2)c1. The first-order valence-corrected chi connectivity index (χ1v) is 7.77. The number of ether oxygens (including phenoxy) is 1. The highest BCUT2D eigenvalue weighted by atomic mass is 16.5. The summed E-state index contributed by atoms with van der Waals surface area (Å²) in [4.78, 5) is 23.8. The monoisotopic (exact) mass is 317 g/mol. The van der Waals surface area contributed by atoms with Crippen LogP contribution in [0.15, 0.2) is 29.8 Å². The normalized spacial score (nSPS) is 13.7. The number of methoxy groups -OCH3 is 1. The van der Waals surface area contributed by atoms with E-state index in [1.165, 1.54) is 25.5 Å². The summed E-state index contributed by atoms with van der Waals surface area (Å²) in [5.41, 5.74) is 2.18. The van der Waals surface area contributed by atoms with Crippen LogP contribution in [-0.2, 0) is 0 Å². The van der Waals surface area contributed by atoms with Crippen molar-refractivity contribution < 1.29 is 14.3 Å². The maximum absolute atomic E-state index is 12.1. The van der Waals surface area contributed by atoms with Crippen LogP contribution >= 0.6 is 0 Å². The second kappa shape index (κ2) is 8.22. The number of nitrogens with one attached hydrogen (secondary N) is 3. The van der Waals surface area contributed by atoms with Crippen molar-refractivity contribution in [2.75, 3.05) is 26.0 Å². The summed E-state index contributed by atoms with van der Waals surface area (Å²) in [5.74, 6) is 0.285. The predicted molar refractivity (Wildman–Crippen MR) is 90.0 cm³/mol. The number of carbonyl (C=O) groups excluding carboxylic acids is 2. The Morgan fingerprint density at radius 2 is 2.09 bits per heavy atom. The zero-order valence-electron chi connectivity index (χ0n) is 13.6. The second-order valence-corrected chi connectivity index (χ2v) is 5.41. The molecule has 1 aromatic rings. The molecular weight excluding hydrogens is 294 g/mol. The lowest BCUT2D eigenvalue weighted by atomic mass is 10.00. The average molecular weight is 317 g/mol. The standard InChI is InChI=1S/C17H23N3O3/c1-18-16(21)13-8-9-15(23-2)14(10-13)20-17(22)19-11-12-6-4-3-5-7-12/h6,8-10H,3-5,7,11H2,1-2H3,(H,18,21)(H2,19,20,22). The van der Waals surface area contributed by atoms with Gasteiger partial charge < -0.3 is 20.7 Å². The molecule has 0 spiro atoms. The van der Waals surface area contributed by atoms with Gasteiger partial charge in [0.2, 0.25) is 0 Å². The summed E-state index contributed by atoms with van der Waals surface area (Å²) >= 11 is 0. The molecule has 0 heterocycles. The van der Waals surface area contributed by atoms with Gasteiger partial charge in [-0.1, -0.05) is 11.6 Å². The number of hydrogen-bond donors (Lipinski definition) is 3. The molecule has 0 saturated carbocycles. The van der Waals surface area contributed by atoms with Gasteiger partial charge in [-0.2, -0.15) is 0 Å². The van der Waals surface area contributed by atoms with Gasteiger partial charge in [-0.3, -0.25) is 4.79 Å². The Bertz CT molecular complexity index is 611. The third-order valence-electron chi connectivity index (χ3n) is 3.80. The van der Waals surface area contributed by atoms with Crippen molar-refractivity contribution in [1.82, 2.24) is 10.6 Å². The molecule has 0 saturated heterocycles. The quantitative estimate of drug-likeness (QED) is 0.731. The fourth-order valence-electron chi connectivity index (χ4n) is 2.52. The second-order valence-electron chi connectivity index (χ2n) is 5.41. The van der Waals surface area contributed by atoms with Crippen molar-refractivity contribution in [2.45, 2.75) is 25.7 Å². The zero-order valence-corrected chi connectivity index (χ0v) is 13.6. The smallest absolute Gasteiger partial charge is 0.319 e. The molecule has 1 aliphatic rings. The van der Waals surface area contributed by atoms with E-state index in [2.05, 4.69) is 22.0 Å². The van der Waals surface area contributed by atoms with Crippen LogP contribution in [0.3, 0.4) is 0 Å². The number of allylic oxidation sites excluding steroid dienone is 1. The van der Waals surface area contributed by atoms with Gasteiger partial charge in [-0.05, 0) is 43.9 Å². The summed E-state index contributed by atoms with van der Waals surface area (Å²) in [6.45, 7) is 0.545. The van der Waals surface area contributed by atoms with Crippen LogP contribution in [0.2, 0.25) is 0 Å². The largest absolute Gasteiger partial charge is 0.495 e. The highest BCUT2D eigenvalue weighted by Gasteiger charge is 2.12. The summed E-state index contributed by atoms with van der Waals surface area (Å²) < 4.78 is 5.22. The fraction of sp³-hybridized carbons (Fsp3) is 0.412. The molecule has 6 heteroatoms. The van der Waals surface area contributed by atoms with Crippen LogP contribution < -0.4 is 20.7 Å². The van der Waals surface area contributed by atoms with Crippen LogP contribution in [0.1, 0.15) is 36.0 Å². The number of urea groups is 1. The molecule has 124 valence electrons. The van der Waals surface area contributed by atoms with Crippen molar-refractivity contribution in [3.8, 4) is 5.75 Å². The Balaban J connectivity index is 2.00. The molecule has 0 fully saturated rings. The number of amides is 3. The number of rotatable bonds is 5. The van der Waals surface area contributed by atoms with Crippen LogP contribution in [-0.4, -0.2) is 32.6 Å². The zero-order chi connectivity index (χ0) is 16.7. The van der Waals surface area contributed by atoms with Gasteiger partial charge >= 0.3 is 6.03 Å². The summed E-state index contributed by atoms with van der Waals surface area (Å²) in [6, 6.07) is 4.58. The molecule has 0 unspecified atom stereocenters. The molecule has 2 rings (SSSR count). The molecular formula is C17H23N3O3. The van der Waals surface area contributed by atoms with E-state index in [9.17, 15) is 9.59 Å². The van der Waals surface area contributed by atoms with E-state index in [0.717, 1.165) is 12.8 Å². The molecule has 1 aromatic carbocycles. The predicted octanol–water partition coefficient (Wildman–Crippen LogP) is 2.68. The lowest BCUT2D eigenvalue weighted by Gasteiger charge is -2.15. The van der Waals surface area contributed by atoms with Gasteiger partial charge in [0.05, 0.1) is 12.8 Å². The molecule has 3 N–H and O–H groups in total. The van der Waals surface area contributed by atoms with E-state index < -0.39 is 0 Å². The maximum Gasteiger partial charge on any atom is 0.319 e. The van der Waals surface area contributed by atoms with Gasteiger partial charge in [-0.25, -0.2) is 4.79 Å². The minimum absolute atomic E-state index is 0.219. The number of carbonyl (C=O) groups is 2. The third-order valence-corrected chi connectivity index (χ3v) is 3.80.